The van der Waals surface area contributed by atoms with Crippen LogP contribution in [0.1, 0.15) is 12.8 Å². The number of fused-ring (bicyclic) bond motifs is 1. The topological polar surface area (TPSA) is 105 Å². The normalized spacial score (nSPS) is 14.3. The van der Waals surface area contributed by atoms with Crippen LogP contribution in [0.25, 0.3) is 22.0 Å². The summed E-state index contributed by atoms with van der Waals surface area (Å²) in [7, 11) is 3.53. The molecule has 5 rings (SSSR count). The molecule has 4 aromatic rings. The van der Waals surface area contributed by atoms with Gasteiger partial charge in [-0.05, 0) is 36.6 Å². The third-order valence-corrected chi connectivity index (χ3v) is 5.94. The Balaban J connectivity index is 1.44. The molecule has 0 atom stereocenters. The fourth-order valence-electron chi connectivity index (χ4n) is 4.12. The Morgan fingerprint density at radius 3 is 2.70 bits per heavy atom. The van der Waals surface area contributed by atoms with Gasteiger partial charge in [-0.3, -0.25) is 4.68 Å². The van der Waals surface area contributed by atoms with Crippen LogP contribution in [0, 0.1) is 17.2 Å². The average Bonchev–Trinajstić information content (AvgIpc) is 3.30. The fraction of sp³-hybridized carbons (Fsp3) is 0.292. The number of aryl methyl sites for hydroxylation is 1. The number of benzene rings is 1. The molecule has 1 N–H and O–H groups in total. The summed E-state index contributed by atoms with van der Waals surface area (Å²) in [6.07, 6.45) is 9.04. The van der Waals surface area contributed by atoms with E-state index in [1.165, 1.54) is 0 Å². The fourth-order valence-corrected chi connectivity index (χ4v) is 4.12. The molecule has 9 heteroatoms. The van der Waals surface area contributed by atoms with Gasteiger partial charge in [0.15, 0.2) is 5.82 Å². The molecule has 1 aliphatic heterocycles. The summed E-state index contributed by atoms with van der Waals surface area (Å²) >= 11 is 0. The van der Waals surface area contributed by atoms with Crippen LogP contribution in [0.4, 0.5) is 17.5 Å². The number of nitriles is 1. The van der Waals surface area contributed by atoms with Crippen LogP contribution in [-0.4, -0.2) is 44.9 Å². The van der Waals surface area contributed by atoms with Gasteiger partial charge in [-0.1, -0.05) is 6.07 Å². The lowest BCUT2D eigenvalue weighted by molar-refractivity contribution is 0.417. The number of aromatic nitrogens is 5. The first-order chi connectivity index (χ1) is 16.1. The molecule has 0 spiro atoms. The Kier molecular flexibility index (Phi) is 5.48. The predicted molar refractivity (Wildman–Crippen MR) is 126 cm³/mol. The van der Waals surface area contributed by atoms with E-state index in [0.29, 0.717) is 11.7 Å². The zero-order chi connectivity index (χ0) is 22.8. The van der Waals surface area contributed by atoms with Crippen molar-refractivity contribution in [2.45, 2.75) is 12.8 Å². The van der Waals surface area contributed by atoms with Crippen LogP contribution in [0.3, 0.4) is 0 Å². The van der Waals surface area contributed by atoms with Gasteiger partial charge < -0.3 is 15.0 Å². The van der Waals surface area contributed by atoms with Crippen LogP contribution in [0.15, 0.2) is 49.1 Å². The Hall–Kier alpha value is -4.19. The molecular weight excluding hydrogens is 416 g/mol. The van der Waals surface area contributed by atoms with E-state index in [4.69, 9.17) is 9.72 Å². The van der Waals surface area contributed by atoms with E-state index in [9.17, 15) is 5.26 Å². The molecule has 0 radical (unpaired) electrons. The lowest BCUT2D eigenvalue weighted by Crippen LogP contribution is -2.34. The summed E-state index contributed by atoms with van der Waals surface area (Å²) in [5.41, 5.74) is 3.58. The number of hydrogen-bond acceptors (Lipinski definition) is 8. The third-order valence-electron chi connectivity index (χ3n) is 5.94. The highest BCUT2D eigenvalue weighted by Crippen LogP contribution is 2.33. The zero-order valence-corrected chi connectivity index (χ0v) is 18.6. The van der Waals surface area contributed by atoms with Crippen LogP contribution in [0.2, 0.25) is 0 Å². The zero-order valence-electron chi connectivity index (χ0n) is 18.6. The summed E-state index contributed by atoms with van der Waals surface area (Å²) in [5.74, 6) is 2.10. The van der Waals surface area contributed by atoms with E-state index in [1.54, 1.807) is 24.2 Å². The maximum atomic E-state index is 9.19. The van der Waals surface area contributed by atoms with Crippen LogP contribution < -0.4 is 15.0 Å². The van der Waals surface area contributed by atoms with Gasteiger partial charge in [0.05, 0.1) is 25.1 Å². The van der Waals surface area contributed by atoms with Gasteiger partial charge in [-0.25, -0.2) is 15.0 Å². The van der Waals surface area contributed by atoms with Gasteiger partial charge in [-0.2, -0.15) is 10.4 Å². The second kappa shape index (κ2) is 8.74. The van der Waals surface area contributed by atoms with Gasteiger partial charge in [0.25, 0.3) is 0 Å². The van der Waals surface area contributed by atoms with E-state index in [2.05, 4.69) is 31.4 Å². The van der Waals surface area contributed by atoms with Gasteiger partial charge in [0.1, 0.15) is 11.3 Å². The number of hydrogen-bond donors (Lipinski definition) is 1. The van der Waals surface area contributed by atoms with E-state index in [1.807, 2.05) is 43.7 Å². The molecule has 0 amide bonds. The molecule has 0 bridgehead atoms. The standard InChI is InChI=1S/C24H24N8O/c1-31-15-19(14-28-31)17-3-4-20(21(11-17)33-2)29-24-27-13-18-5-8-26-23(22(18)30-24)32-9-6-16(12-25)7-10-32/h3-5,8,11,13-16H,6-7,9-10H2,1-2H3,(H,27,29,30). The van der Waals surface area contributed by atoms with Crippen molar-refractivity contribution in [3.63, 3.8) is 0 Å². The maximum absolute atomic E-state index is 9.19. The van der Waals surface area contributed by atoms with Crippen molar-refractivity contribution >= 4 is 28.4 Å². The summed E-state index contributed by atoms with van der Waals surface area (Å²) in [5, 5.41) is 17.6. The number of pyridine rings is 1. The molecule has 1 aliphatic rings. The number of nitrogens with one attached hydrogen (secondary N) is 1. The third kappa shape index (κ3) is 4.15. The monoisotopic (exact) mass is 440 g/mol. The highest BCUT2D eigenvalue weighted by atomic mass is 16.5. The minimum atomic E-state index is 0.116. The molecule has 9 nitrogen and oxygen atoms in total. The van der Waals surface area contributed by atoms with E-state index in [0.717, 1.165) is 59.5 Å². The Bertz CT molecular complexity index is 1330. The summed E-state index contributed by atoms with van der Waals surface area (Å²) in [4.78, 5) is 16.1. The van der Waals surface area contributed by atoms with Gasteiger partial charge in [0, 0.05) is 55.6 Å². The first kappa shape index (κ1) is 20.7. The van der Waals surface area contributed by atoms with Crippen molar-refractivity contribution in [3.8, 4) is 22.9 Å². The van der Waals surface area contributed by atoms with E-state index >= 15 is 0 Å². The lowest BCUT2D eigenvalue weighted by atomic mass is 9.98. The Labute approximate surface area is 191 Å². The lowest BCUT2D eigenvalue weighted by Gasteiger charge is -2.30. The van der Waals surface area contributed by atoms with Crippen LogP contribution >= 0.6 is 0 Å². The van der Waals surface area contributed by atoms with Crippen molar-refractivity contribution in [2.24, 2.45) is 13.0 Å². The predicted octanol–water partition coefficient (Wildman–Crippen LogP) is 3.92. The maximum Gasteiger partial charge on any atom is 0.227 e. The number of methoxy groups -OCH3 is 1. The van der Waals surface area contributed by atoms with Crippen LogP contribution in [0.5, 0.6) is 5.75 Å². The van der Waals surface area contributed by atoms with Crippen LogP contribution in [-0.2, 0) is 7.05 Å². The summed E-state index contributed by atoms with van der Waals surface area (Å²) < 4.78 is 7.39. The molecule has 0 saturated carbocycles. The first-order valence-corrected chi connectivity index (χ1v) is 10.8. The van der Waals surface area contributed by atoms with Crippen molar-refractivity contribution in [2.75, 3.05) is 30.4 Å². The van der Waals surface area contributed by atoms with Crippen molar-refractivity contribution in [1.82, 2.24) is 24.7 Å². The highest BCUT2D eigenvalue weighted by molar-refractivity contribution is 5.89. The van der Waals surface area contributed by atoms with Crippen molar-refractivity contribution in [1.29, 1.82) is 5.26 Å². The smallest absolute Gasteiger partial charge is 0.227 e. The quantitative estimate of drug-likeness (QED) is 0.498. The van der Waals surface area contributed by atoms with Gasteiger partial charge >= 0.3 is 0 Å². The van der Waals surface area contributed by atoms with Crippen molar-refractivity contribution < 1.29 is 4.74 Å². The number of anilines is 3. The number of rotatable bonds is 5. The molecule has 1 aromatic carbocycles. The second-order valence-corrected chi connectivity index (χ2v) is 8.10. The summed E-state index contributed by atoms with van der Waals surface area (Å²) in [6, 6.07) is 10.2. The highest BCUT2D eigenvalue weighted by Gasteiger charge is 2.22. The molecule has 3 aromatic heterocycles. The Morgan fingerprint density at radius 1 is 1.12 bits per heavy atom. The first-order valence-electron chi connectivity index (χ1n) is 10.8. The number of ether oxygens (including phenoxy) is 1. The number of piperidine rings is 1. The molecule has 4 heterocycles. The molecule has 0 aliphatic carbocycles. The van der Waals surface area contributed by atoms with Gasteiger partial charge in [-0.15, -0.1) is 0 Å². The van der Waals surface area contributed by atoms with E-state index < -0.39 is 0 Å². The largest absolute Gasteiger partial charge is 0.495 e. The molecule has 1 saturated heterocycles. The SMILES string of the molecule is COc1cc(-c2cnn(C)c2)ccc1Nc1ncc2ccnc(N3CCC(C#N)CC3)c2n1. The molecule has 166 valence electrons. The average molecular weight is 441 g/mol. The second-order valence-electron chi connectivity index (χ2n) is 8.10. The summed E-state index contributed by atoms with van der Waals surface area (Å²) in [6.45, 7) is 1.58. The van der Waals surface area contributed by atoms with E-state index in [-0.39, 0.29) is 5.92 Å². The molecule has 0 unspecified atom stereocenters. The molecule has 33 heavy (non-hydrogen) atoms. The molecular formula is C24H24N8O. The molecule has 1 fully saturated rings. The number of nitrogens with zero attached hydrogens (tertiary/aromatic N) is 7. The Morgan fingerprint density at radius 2 is 1.97 bits per heavy atom. The van der Waals surface area contributed by atoms with Gasteiger partial charge in [0.2, 0.25) is 5.95 Å². The minimum Gasteiger partial charge on any atom is -0.495 e. The van der Waals surface area contributed by atoms with Crippen molar-refractivity contribution in [3.05, 3.63) is 49.1 Å². The minimum absolute atomic E-state index is 0.116.